The summed E-state index contributed by atoms with van der Waals surface area (Å²) in [5, 5.41) is 8.37. The predicted octanol–water partition coefficient (Wildman–Crippen LogP) is 1.23. The Kier molecular flexibility index (Phi) is 2.99. The molecule has 0 aliphatic carbocycles. The summed E-state index contributed by atoms with van der Waals surface area (Å²) in [6.45, 7) is 1.75. The fraction of sp³-hybridized carbons (Fsp3) is 0.111. The van der Waals surface area contributed by atoms with Gasteiger partial charge in [-0.25, -0.2) is 8.42 Å². The van der Waals surface area contributed by atoms with Crippen LogP contribution in [0.1, 0.15) is 5.01 Å². The molecule has 0 aliphatic rings. The SMILES string of the molecule is Cc1nnc(NS(=O)(=O)[13c]2[13cH][13cH][13c](N)[13cH][13cH]2)s1. The van der Waals surface area contributed by atoms with Crippen LogP contribution in [0.3, 0.4) is 0 Å². The molecule has 6 nitrogen and oxygen atoms in total. The lowest BCUT2D eigenvalue weighted by Gasteiger charge is -2.04. The van der Waals surface area contributed by atoms with E-state index in [4.69, 9.17) is 5.73 Å². The zero-order chi connectivity index (χ0) is 12.5. The Labute approximate surface area is 103 Å². The Morgan fingerprint density at radius 2 is 1.88 bits per heavy atom. The lowest BCUT2D eigenvalue weighted by atomic mass is 10.9. The molecule has 0 atom stereocenters. The lowest BCUT2D eigenvalue weighted by Crippen LogP contribution is -2.12. The van der Waals surface area contributed by atoms with Crippen molar-refractivity contribution in [2.45, 2.75) is 11.8 Å². The van der Waals surface area contributed by atoms with Gasteiger partial charge in [0.05, 0.1) is 4.90 Å². The minimum Gasteiger partial charge on any atom is -0.399 e. The van der Waals surface area contributed by atoms with Crippen LogP contribution >= 0.6 is 11.3 Å². The number of nitrogens with zero attached hydrogens (tertiary/aromatic N) is 2. The Morgan fingerprint density at radius 1 is 1.24 bits per heavy atom. The summed E-state index contributed by atoms with van der Waals surface area (Å²) in [5.41, 5.74) is 6.00. The standard InChI is InChI=1S/C9H10N4O2S2/c1-6-11-12-9(16-6)13-17(14,15)8-4-2-7(10)3-5-8/h2-5H,10H2,1H3,(H,12,13)/i2+1,3+1,4+1,5+1,7+1,8+1. The molecule has 0 radical (unpaired) electrons. The molecule has 2 rings (SSSR count). The fourth-order valence-electron chi connectivity index (χ4n) is 1.16. The van der Waals surface area contributed by atoms with Gasteiger partial charge in [-0.1, -0.05) is 11.3 Å². The van der Waals surface area contributed by atoms with Crippen LogP contribution in [0, 0.1) is 6.92 Å². The number of sulfonamides is 1. The van der Waals surface area contributed by atoms with Gasteiger partial charge in [-0.15, -0.1) is 10.2 Å². The van der Waals surface area contributed by atoms with Crippen molar-refractivity contribution in [2.75, 3.05) is 10.5 Å². The summed E-state index contributed by atoms with van der Waals surface area (Å²) in [7, 11) is -3.61. The van der Waals surface area contributed by atoms with E-state index in [0.29, 0.717) is 10.7 Å². The molecule has 3 N–H and O–H groups in total. The Balaban J connectivity index is 2.28. The van der Waals surface area contributed by atoms with E-state index < -0.39 is 10.0 Å². The molecule has 0 saturated carbocycles. The zero-order valence-electron chi connectivity index (χ0n) is 8.91. The van der Waals surface area contributed by atoms with E-state index in [1.54, 1.807) is 6.92 Å². The number of rotatable bonds is 3. The first-order valence-corrected chi connectivity index (χ1v) is 6.96. The van der Waals surface area contributed by atoms with Gasteiger partial charge >= 0.3 is 0 Å². The summed E-state index contributed by atoms with van der Waals surface area (Å²) in [4.78, 5) is 0.138. The van der Waals surface area contributed by atoms with Gasteiger partial charge in [-0.2, -0.15) is 0 Å². The summed E-state index contributed by atoms with van der Waals surface area (Å²) in [6, 6.07) is 5.93. The highest BCUT2D eigenvalue weighted by atomic mass is 32.2. The summed E-state index contributed by atoms with van der Waals surface area (Å²) in [6.07, 6.45) is 0. The van der Waals surface area contributed by atoms with E-state index in [1.807, 2.05) is 0 Å². The third-order valence-corrected chi connectivity index (χ3v) is 4.18. The third kappa shape index (κ3) is 2.71. The van der Waals surface area contributed by atoms with E-state index in [9.17, 15) is 8.42 Å². The van der Waals surface area contributed by atoms with Crippen molar-refractivity contribution in [3.63, 3.8) is 0 Å². The van der Waals surface area contributed by atoms with Crippen molar-refractivity contribution in [1.82, 2.24) is 10.2 Å². The van der Waals surface area contributed by atoms with Crippen molar-refractivity contribution in [2.24, 2.45) is 0 Å². The number of nitrogens with two attached hydrogens (primary N) is 1. The van der Waals surface area contributed by atoms with Gasteiger partial charge in [0, 0.05) is 5.69 Å². The number of aromatic nitrogens is 2. The van der Waals surface area contributed by atoms with E-state index >= 15 is 0 Å². The topological polar surface area (TPSA) is 98.0 Å². The van der Waals surface area contributed by atoms with Crippen LogP contribution in [0.4, 0.5) is 10.8 Å². The van der Waals surface area contributed by atoms with Crippen LogP contribution in [0.5, 0.6) is 0 Å². The van der Waals surface area contributed by atoms with Crippen LogP contribution in [-0.2, 0) is 10.0 Å². The molecule has 0 bridgehead atoms. The number of nitrogen functional groups attached to an aromatic ring is 1. The summed E-state index contributed by atoms with van der Waals surface area (Å²) < 4.78 is 26.2. The minimum atomic E-state index is -3.61. The highest BCUT2D eigenvalue weighted by molar-refractivity contribution is 7.93. The fourth-order valence-corrected chi connectivity index (χ4v) is 2.98. The molecule has 1 aromatic heterocycles. The van der Waals surface area contributed by atoms with Crippen molar-refractivity contribution in [1.29, 1.82) is 0 Å². The predicted molar refractivity (Wildman–Crippen MR) is 66.3 cm³/mol. The van der Waals surface area contributed by atoms with Crippen molar-refractivity contribution in [3.05, 3.63) is 29.3 Å². The van der Waals surface area contributed by atoms with E-state index in [2.05, 4.69) is 14.9 Å². The molecule has 0 aliphatic heterocycles. The van der Waals surface area contributed by atoms with Gasteiger partial charge in [0.2, 0.25) is 5.13 Å². The van der Waals surface area contributed by atoms with Gasteiger partial charge in [-0.05, 0) is 31.2 Å². The second-order valence-electron chi connectivity index (χ2n) is 3.30. The molecule has 2 aromatic rings. The van der Waals surface area contributed by atoms with E-state index in [0.717, 1.165) is 0 Å². The molecule has 0 fully saturated rings. The summed E-state index contributed by atoms with van der Waals surface area (Å²) >= 11 is 1.18. The van der Waals surface area contributed by atoms with E-state index in [1.165, 1.54) is 35.6 Å². The maximum absolute atomic E-state index is 11.9. The average molecular weight is 276 g/mol. The number of hydrogen-bond donors (Lipinski definition) is 2. The number of nitrogens with one attached hydrogen (secondary N) is 1. The van der Waals surface area contributed by atoms with E-state index in [-0.39, 0.29) is 10.0 Å². The second kappa shape index (κ2) is 4.30. The molecular weight excluding hydrogens is 266 g/mol. The highest BCUT2D eigenvalue weighted by Crippen LogP contribution is 2.19. The van der Waals surface area contributed by atoms with Crippen LogP contribution in [-0.4, -0.2) is 18.6 Å². The molecule has 8 heteroatoms. The molecule has 0 unspecified atom stereocenters. The number of anilines is 2. The van der Waals surface area contributed by atoms with Gasteiger partial charge < -0.3 is 5.73 Å². The Morgan fingerprint density at radius 3 is 2.41 bits per heavy atom. The number of benzene rings is 1. The van der Waals surface area contributed by atoms with Crippen LogP contribution in [0.2, 0.25) is 0 Å². The molecular formula is C9H10N4O2S2. The molecule has 0 saturated heterocycles. The van der Waals surface area contributed by atoms with Gasteiger partial charge in [0.15, 0.2) is 0 Å². The largest absolute Gasteiger partial charge is 0.399 e. The maximum atomic E-state index is 11.9. The minimum absolute atomic E-state index is 0.138. The lowest BCUT2D eigenvalue weighted by molar-refractivity contribution is 0.601. The zero-order valence-corrected chi connectivity index (χ0v) is 10.5. The normalized spacial score (nSPS) is 11.4. The molecule has 1 heterocycles. The molecule has 90 valence electrons. The molecule has 1 aromatic carbocycles. The van der Waals surface area contributed by atoms with Crippen LogP contribution in [0.25, 0.3) is 0 Å². The Hall–Kier alpha value is -1.67. The average Bonchev–Trinajstić information content (AvgIpc) is 2.63. The molecule has 17 heavy (non-hydrogen) atoms. The smallest absolute Gasteiger partial charge is 0.263 e. The molecule has 0 spiro atoms. The monoisotopic (exact) mass is 276 g/mol. The highest BCUT2D eigenvalue weighted by Gasteiger charge is 2.15. The van der Waals surface area contributed by atoms with Crippen LogP contribution in [0.15, 0.2) is 29.2 Å². The molecule has 0 amide bonds. The summed E-state index contributed by atoms with van der Waals surface area (Å²) in [5.74, 6) is 0. The second-order valence-corrected chi connectivity index (χ2v) is 6.16. The van der Waals surface area contributed by atoms with Crippen molar-refractivity contribution >= 4 is 32.2 Å². The first-order chi connectivity index (χ1) is 7.97. The van der Waals surface area contributed by atoms with Crippen molar-refractivity contribution in [3.8, 4) is 0 Å². The van der Waals surface area contributed by atoms with Crippen molar-refractivity contribution < 1.29 is 8.42 Å². The van der Waals surface area contributed by atoms with Crippen LogP contribution < -0.4 is 10.5 Å². The van der Waals surface area contributed by atoms with Gasteiger partial charge in [0.25, 0.3) is 10.0 Å². The Bertz CT molecular complexity index is 619. The maximum Gasteiger partial charge on any atom is 0.263 e. The first kappa shape index (κ1) is 11.8. The van der Waals surface area contributed by atoms with Gasteiger partial charge in [-0.3, -0.25) is 4.72 Å². The third-order valence-electron chi connectivity index (χ3n) is 1.94. The van der Waals surface area contributed by atoms with Gasteiger partial charge in [0.1, 0.15) is 5.01 Å². The number of hydrogen-bond acceptors (Lipinski definition) is 6. The first-order valence-electron chi connectivity index (χ1n) is 4.66. The quantitative estimate of drug-likeness (QED) is 0.822. The number of aryl methyl sites for hydroxylation is 1.